The molecule has 2 amide bonds. The van der Waals surface area contributed by atoms with E-state index in [0.717, 1.165) is 11.1 Å². The smallest absolute Gasteiger partial charge is 0.251 e. The van der Waals surface area contributed by atoms with Crippen LogP contribution in [-0.2, 0) is 17.9 Å². The fraction of sp³-hybridized carbons (Fsp3) is 0.200. The summed E-state index contributed by atoms with van der Waals surface area (Å²) in [5, 5.41) is 2.78. The van der Waals surface area contributed by atoms with Crippen LogP contribution in [0, 0.1) is 5.82 Å². The summed E-state index contributed by atoms with van der Waals surface area (Å²) in [4.78, 5) is 26.4. The topological polar surface area (TPSA) is 58.6 Å². The van der Waals surface area contributed by atoms with Gasteiger partial charge in [-0.1, -0.05) is 48.5 Å². The van der Waals surface area contributed by atoms with Gasteiger partial charge < -0.3 is 15.0 Å². The van der Waals surface area contributed by atoms with Gasteiger partial charge in [0.15, 0.2) is 0 Å². The van der Waals surface area contributed by atoms with Gasteiger partial charge >= 0.3 is 0 Å². The van der Waals surface area contributed by atoms with Gasteiger partial charge in [-0.3, -0.25) is 9.59 Å². The molecular weight excluding hydrogens is 395 g/mol. The lowest BCUT2D eigenvalue weighted by atomic mass is 10.1. The van der Waals surface area contributed by atoms with E-state index in [2.05, 4.69) is 5.32 Å². The average molecular weight is 420 g/mol. The van der Waals surface area contributed by atoms with Gasteiger partial charge in [0.2, 0.25) is 5.91 Å². The Hall–Kier alpha value is -3.67. The van der Waals surface area contributed by atoms with Crippen LogP contribution in [0.15, 0.2) is 78.9 Å². The molecule has 160 valence electrons. The van der Waals surface area contributed by atoms with E-state index < -0.39 is 0 Å². The summed E-state index contributed by atoms with van der Waals surface area (Å²) in [5.41, 5.74) is 2.32. The number of ether oxygens (including phenoxy) is 1. The van der Waals surface area contributed by atoms with Gasteiger partial charge in [0, 0.05) is 38.2 Å². The summed E-state index contributed by atoms with van der Waals surface area (Å²) < 4.78 is 18.8. The molecule has 31 heavy (non-hydrogen) atoms. The first-order chi connectivity index (χ1) is 15.0. The zero-order chi connectivity index (χ0) is 22.1. The molecule has 0 aliphatic rings. The predicted octanol–water partition coefficient (Wildman–Crippen LogP) is 4.18. The Labute approximate surface area is 181 Å². The fourth-order valence-corrected chi connectivity index (χ4v) is 3.05. The monoisotopic (exact) mass is 420 g/mol. The highest BCUT2D eigenvalue weighted by Crippen LogP contribution is 2.15. The van der Waals surface area contributed by atoms with Crippen molar-refractivity contribution in [3.63, 3.8) is 0 Å². The van der Waals surface area contributed by atoms with Crippen molar-refractivity contribution < 1.29 is 18.7 Å². The lowest BCUT2D eigenvalue weighted by Gasteiger charge is -2.17. The van der Waals surface area contributed by atoms with E-state index in [0.29, 0.717) is 17.9 Å². The normalized spacial score (nSPS) is 10.4. The number of carbonyl (C=O) groups is 2. The zero-order valence-corrected chi connectivity index (χ0v) is 17.4. The van der Waals surface area contributed by atoms with Gasteiger partial charge in [-0.2, -0.15) is 0 Å². The van der Waals surface area contributed by atoms with E-state index in [-0.39, 0.29) is 37.2 Å². The molecule has 0 saturated carbocycles. The van der Waals surface area contributed by atoms with E-state index in [9.17, 15) is 14.0 Å². The van der Waals surface area contributed by atoms with E-state index in [4.69, 9.17) is 4.74 Å². The van der Waals surface area contributed by atoms with Crippen LogP contribution in [0.1, 0.15) is 27.9 Å². The van der Waals surface area contributed by atoms with Gasteiger partial charge in [-0.05, 0) is 35.4 Å². The fourth-order valence-electron chi connectivity index (χ4n) is 3.05. The number of benzene rings is 3. The quantitative estimate of drug-likeness (QED) is 0.565. The van der Waals surface area contributed by atoms with Crippen LogP contribution in [0.3, 0.4) is 0 Å². The van der Waals surface area contributed by atoms with Crippen molar-refractivity contribution in [2.75, 3.05) is 13.6 Å². The van der Waals surface area contributed by atoms with E-state index in [1.165, 1.54) is 12.1 Å². The van der Waals surface area contributed by atoms with Crippen LogP contribution in [0.2, 0.25) is 0 Å². The molecule has 0 aliphatic heterocycles. The minimum absolute atomic E-state index is 0.0404. The summed E-state index contributed by atoms with van der Waals surface area (Å²) in [6.07, 6.45) is 0.220. The van der Waals surface area contributed by atoms with E-state index >= 15 is 0 Å². The molecule has 5 nitrogen and oxygen atoms in total. The maximum atomic E-state index is 13.2. The molecule has 3 aromatic rings. The standard InChI is InChI=1S/C25H25FN2O3/c1-28(17-19-7-3-2-4-8-19)24(29)13-14-27-25(30)21-10-5-9-20(15-21)18-31-23-12-6-11-22(26)16-23/h2-12,15-16H,13-14,17-18H2,1H3,(H,27,30). The highest BCUT2D eigenvalue weighted by molar-refractivity contribution is 5.94. The first kappa shape index (κ1) is 22.0. The van der Waals surface area contributed by atoms with Crippen LogP contribution in [0.4, 0.5) is 4.39 Å². The Morgan fingerprint density at radius 1 is 0.935 bits per heavy atom. The van der Waals surface area contributed by atoms with Gasteiger partial charge in [0.1, 0.15) is 18.2 Å². The van der Waals surface area contributed by atoms with Gasteiger partial charge in [0.05, 0.1) is 0 Å². The number of hydrogen-bond donors (Lipinski definition) is 1. The van der Waals surface area contributed by atoms with Crippen LogP contribution < -0.4 is 10.1 Å². The van der Waals surface area contributed by atoms with Crippen molar-refractivity contribution in [2.24, 2.45) is 0 Å². The summed E-state index contributed by atoms with van der Waals surface area (Å²) >= 11 is 0. The Morgan fingerprint density at radius 3 is 2.45 bits per heavy atom. The highest BCUT2D eigenvalue weighted by Gasteiger charge is 2.11. The average Bonchev–Trinajstić information content (AvgIpc) is 2.78. The predicted molar refractivity (Wildman–Crippen MR) is 117 cm³/mol. The molecule has 0 saturated heterocycles. The number of carbonyl (C=O) groups excluding carboxylic acids is 2. The van der Waals surface area contributed by atoms with Crippen molar-refractivity contribution in [1.82, 2.24) is 10.2 Å². The third-order valence-corrected chi connectivity index (χ3v) is 4.70. The highest BCUT2D eigenvalue weighted by atomic mass is 19.1. The molecule has 0 aliphatic carbocycles. The lowest BCUT2D eigenvalue weighted by Crippen LogP contribution is -2.31. The summed E-state index contributed by atoms with van der Waals surface area (Å²) in [5.74, 6) is -0.241. The molecule has 3 aromatic carbocycles. The number of halogens is 1. The Kier molecular flexibility index (Phi) is 7.76. The second-order valence-corrected chi connectivity index (χ2v) is 7.19. The van der Waals surface area contributed by atoms with E-state index in [1.54, 1.807) is 42.3 Å². The third-order valence-electron chi connectivity index (χ3n) is 4.70. The largest absolute Gasteiger partial charge is 0.489 e. The second kappa shape index (κ2) is 10.9. The Bertz CT molecular complexity index is 1020. The van der Waals surface area contributed by atoms with Gasteiger partial charge in [-0.15, -0.1) is 0 Å². The first-order valence-corrected chi connectivity index (χ1v) is 10.0. The molecule has 0 aromatic heterocycles. The molecule has 0 heterocycles. The molecule has 3 rings (SSSR count). The molecule has 0 radical (unpaired) electrons. The van der Waals surface area contributed by atoms with Crippen LogP contribution >= 0.6 is 0 Å². The molecule has 0 atom stereocenters. The van der Waals surface area contributed by atoms with Gasteiger partial charge in [-0.25, -0.2) is 4.39 Å². The van der Waals surface area contributed by atoms with Crippen LogP contribution in [-0.4, -0.2) is 30.3 Å². The van der Waals surface area contributed by atoms with Crippen molar-refractivity contribution in [2.45, 2.75) is 19.6 Å². The third kappa shape index (κ3) is 6.96. The maximum absolute atomic E-state index is 13.2. The number of nitrogens with one attached hydrogen (secondary N) is 1. The van der Waals surface area contributed by atoms with Crippen molar-refractivity contribution in [3.05, 3.63) is 101 Å². The van der Waals surface area contributed by atoms with Crippen molar-refractivity contribution in [1.29, 1.82) is 0 Å². The van der Waals surface area contributed by atoms with Crippen LogP contribution in [0.5, 0.6) is 5.75 Å². The lowest BCUT2D eigenvalue weighted by molar-refractivity contribution is -0.130. The summed E-state index contributed by atoms with van der Waals surface area (Å²) in [6, 6.07) is 22.7. The number of hydrogen-bond acceptors (Lipinski definition) is 3. The summed E-state index contributed by atoms with van der Waals surface area (Å²) in [6.45, 7) is 0.995. The Balaban J connectivity index is 1.45. The molecule has 0 unspecified atom stereocenters. The minimum Gasteiger partial charge on any atom is -0.489 e. The first-order valence-electron chi connectivity index (χ1n) is 10.0. The SMILES string of the molecule is CN(Cc1ccccc1)C(=O)CCNC(=O)c1cccc(COc2cccc(F)c2)c1. The number of amides is 2. The van der Waals surface area contributed by atoms with Gasteiger partial charge in [0.25, 0.3) is 5.91 Å². The van der Waals surface area contributed by atoms with Crippen molar-refractivity contribution >= 4 is 11.8 Å². The number of rotatable bonds is 9. The molecule has 0 spiro atoms. The van der Waals surface area contributed by atoms with Crippen LogP contribution in [0.25, 0.3) is 0 Å². The maximum Gasteiger partial charge on any atom is 0.251 e. The minimum atomic E-state index is -0.366. The Morgan fingerprint density at radius 2 is 1.68 bits per heavy atom. The molecule has 6 heteroatoms. The molecule has 0 fully saturated rings. The number of nitrogens with zero attached hydrogens (tertiary/aromatic N) is 1. The molecule has 0 bridgehead atoms. The molecular formula is C25H25FN2O3. The second-order valence-electron chi connectivity index (χ2n) is 7.19. The zero-order valence-electron chi connectivity index (χ0n) is 17.4. The molecule has 1 N–H and O–H groups in total. The summed E-state index contributed by atoms with van der Waals surface area (Å²) in [7, 11) is 1.75. The van der Waals surface area contributed by atoms with E-state index in [1.807, 2.05) is 36.4 Å². The van der Waals surface area contributed by atoms with Crippen molar-refractivity contribution in [3.8, 4) is 5.75 Å².